The van der Waals surface area contributed by atoms with E-state index >= 15 is 0 Å². The second-order valence-corrected chi connectivity index (χ2v) is 10.4. The first-order valence-corrected chi connectivity index (χ1v) is 12.0. The lowest BCUT2D eigenvalue weighted by Crippen LogP contribution is -2.47. The van der Waals surface area contributed by atoms with E-state index in [2.05, 4.69) is 20.6 Å². The number of carbonyl (C=O) groups is 1. The van der Waals surface area contributed by atoms with E-state index in [1.807, 2.05) is 49.5 Å². The smallest absolute Gasteiger partial charge is 0.238 e. The van der Waals surface area contributed by atoms with Crippen molar-refractivity contribution in [2.75, 3.05) is 5.32 Å². The number of aromatic nitrogens is 4. The maximum atomic E-state index is 12.9. The molecule has 2 aromatic heterocycles. The summed E-state index contributed by atoms with van der Waals surface area (Å²) in [6.45, 7) is 1.93. The Morgan fingerprint density at radius 3 is 2.27 bits per heavy atom. The molecule has 33 heavy (non-hydrogen) atoms. The van der Waals surface area contributed by atoms with Gasteiger partial charge >= 0.3 is 0 Å². The van der Waals surface area contributed by atoms with E-state index in [-0.39, 0.29) is 11.3 Å². The largest absolute Gasteiger partial charge is 0.438 e. The van der Waals surface area contributed by atoms with Crippen molar-refractivity contribution in [2.45, 2.75) is 51.9 Å². The van der Waals surface area contributed by atoms with Gasteiger partial charge in [-0.2, -0.15) is 5.10 Å². The Morgan fingerprint density at radius 2 is 1.70 bits per heavy atom. The molecule has 1 aromatic carbocycles. The molecule has 3 aromatic rings. The minimum atomic E-state index is 0.140. The first-order chi connectivity index (χ1) is 16.0. The summed E-state index contributed by atoms with van der Waals surface area (Å²) in [6, 6.07) is 12.9. The van der Waals surface area contributed by atoms with Gasteiger partial charge in [0.25, 0.3) is 0 Å². The van der Waals surface area contributed by atoms with Crippen LogP contribution in [0.25, 0.3) is 5.82 Å². The lowest BCUT2D eigenvalue weighted by molar-refractivity contribution is -0.124. The minimum Gasteiger partial charge on any atom is -0.438 e. The van der Waals surface area contributed by atoms with Crippen LogP contribution in [0.1, 0.15) is 50.6 Å². The molecule has 0 spiro atoms. The summed E-state index contributed by atoms with van der Waals surface area (Å²) in [4.78, 5) is 12.9. The van der Waals surface area contributed by atoms with Crippen LogP contribution in [0.2, 0.25) is 0 Å². The van der Waals surface area contributed by atoms with E-state index in [1.165, 1.54) is 38.5 Å². The van der Waals surface area contributed by atoms with Crippen molar-refractivity contribution in [3.05, 3.63) is 54.4 Å². The van der Waals surface area contributed by atoms with Gasteiger partial charge in [-0.25, -0.2) is 4.68 Å². The van der Waals surface area contributed by atoms with Crippen molar-refractivity contribution < 1.29 is 9.53 Å². The molecule has 4 fully saturated rings. The number of nitrogens with one attached hydrogen (secondary N) is 1. The summed E-state index contributed by atoms with van der Waals surface area (Å²) in [5.41, 5.74) is 1.97. The predicted octanol–water partition coefficient (Wildman–Crippen LogP) is 5.31. The number of carbonyl (C=O) groups excluding carboxylic acids is 1. The zero-order valence-corrected chi connectivity index (χ0v) is 18.9. The Bertz CT molecular complexity index is 1120. The molecular weight excluding hydrogens is 414 g/mol. The SMILES string of the molecule is Cc1ccn(-c2ccc(Oc3ccc(NC(=O)CC45CC6CC(CC(C6)C4)C5)cc3)nn2)n1. The maximum Gasteiger partial charge on any atom is 0.238 e. The van der Waals surface area contributed by atoms with Crippen LogP contribution in [0.3, 0.4) is 0 Å². The fourth-order valence-corrected chi connectivity index (χ4v) is 6.81. The molecule has 4 aliphatic rings. The third kappa shape index (κ3) is 4.24. The number of hydrogen-bond acceptors (Lipinski definition) is 5. The molecule has 4 bridgehead atoms. The molecule has 4 aliphatic carbocycles. The van der Waals surface area contributed by atoms with Gasteiger partial charge in [-0.15, -0.1) is 10.2 Å². The van der Waals surface area contributed by atoms with Crippen LogP contribution in [-0.4, -0.2) is 25.9 Å². The summed E-state index contributed by atoms with van der Waals surface area (Å²) >= 11 is 0. The highest BCUT2D eigenvalue weighted by Gasteiger charge is 2.51. The molecule has 0 unspecified atom stereocenters. The molecule has 0 atom stereocenters. The van der Waals surface area contributed by atoms with Crippen LogP contribution >= 0.6 is 0 Å². The Morgan fingerprint density at radius 1 is 1.00 bits per heavy atom. The lowest BCUT2D eigenvalue weighted by Gasteiger charge is -2.56. The summed E-state index contributed by atoms with van der Waals surface area (Å²) in [5, 5.41) is 15.7. The topological polar surface area (TPSA) is 81.9 Å². The summed E-state index contributed by atoms with van der Waals surface area (Å²) in [5.74, 6) is 4.41. The number of rotatable bonds is 6. The normalized spacial score (nSPS) is 27.5. The van der Waals surface area contributed by atoms with E-state index in [0.29, 0.717) is 23.9 Å². The number of benzene rings is 1. The molecule has 7 heteroatoms. The number of amides is 1. The van der Waals surface area contributed by atoms with Crippen molar-refractivity contribution >= 4 is 11.6 Å². The number of aryl methyl sites for hydroxylation is 1. The minimum absolute atomic E-state index is 0.140. The molecule has 7 nitrogen and oxygen atoms in total. The highest BCUT2D eigenvalue weighted by Crippen LogP contribution is 2.61. The van der Waals surface area contributed by atoms with E-state index in [0.717, 1.165) is 29.1 Å². The standard InChI is InChI=1S/C26H29N5O2/c1-17-8-9-31(30-17)23-6-7-25(29-28-23)33-22-4-2-21(3-5-22)27-24(32)16-26-13-18-10-19(14-26)12-20(11-18)15-26/h2-9,18-20H,10-16H2,1H3,(H,27,32). The van der Waals surface area contributed by atoms with Gasteiger partial charge in [0, 0.05) is 24.4 Å². The monoisotopic (exact) mass is 443 g/mol. The maximum absolute atomic E-state index is 12.9. The van der Waals surface area contributed by atoms with Crippen LogP contribution in [0.15, 0.2) is 48.7 Å². The van der Waals surface area contributed by atoms with E-state index in [1.54, 1.807) is 10.7 Å². The number of nitrogens with zero attached hydrogens (tertiary/aromatic N) is 4. The fraction of sp³-hybridized carbons (Fsp3) is 0.462. The highest BCUT2D eigenvalue weighted by molar-refractivity contribution is 5.91. The Hall–Kier alpha value is -3.22. The second kappa shape index (κ2) is 7.97. The average molecular weight is 444 g/mol. The van der Waals surface area contributed by atoms with Crippen LogP contribution in [0.5, 0.6) is 11.6 Å². The van der Waals surface area contributed by atoms with Gasteiger partial charge in [0.05, 0.1) is 5.69 Å². The zero-order chi connectivity index (χ0) is 22.4. The number of hydrogen-bond donors (Lipinski definition) is 1. The zero-order valence-electron chi connectivity index (χ0n) is 18.9. The van der Waals surface area contributed by atoms with Crippen molar-refractivity contribution in [1.82, 2.24) is 20.0 Å². The molecule has 7 rings (SSSR count). The Labute approximate surface area is 193 Å². The predicted molar refractivity (Wildman–Crippen MR) is 124 cm³/mol. The van der Waals surface area contributed by atoms with Gasteiger partial charge in [0.15, 0.2) is 5.82 Å². The quantitative estimate of drug-likeness (QED) is 0.558. The van der Waals surface area contributed by atoms with Crippen LogP contribution < -0.4 is 10.1 Å². The molecule has 0 saturated heterocycles. The molecule has 2 heterocycles. The van der Waals surface area contributed by atoms with Crippen molar-refractivity contribution in [3.63, 3.8) is 0 Å². The van der Waals surface area contributed by atoms with E-state index in [4.69, 9.17) is 4.74 Å². The van der Waals surface area contributed by atoms with Gasteiger partial charge in [-0.1, -0.05) is 0 Å². The number of anilines is 1. The van der Waals surface area contributed by atoms with Gasteiger partial charge in [0.2, 0.25) is 11.8 Å². The molecule has 170 valence electrons. The fourth-order valence-electron chi connectivity index (χ4n) is 6.81. The molecule has 1 amide bonds. The van der Waals surface area contributed by atoms with Crippen molar-refractivity contribution in [2.24, 2.45) is 23.2 Å². The highest BCUT2D eigenvalue weighted by atomic mass is 16.5. The van der Waals surface area contributed by atoms with Crippen LogP contribution in [0, 0.1) is 30.1 Å². The summed E-state index contributed by atoms with van der Waals surface area (Å²) in [7, 11) is 0. The van der Waals surface area contributed by atoms with Gasteiger partial charge in [0.1, 0.15) is 5.75 Å². The van der Waals surface area contributed by atoms with Crippen LogP contribution in [0.4, 0.5) is 5.69 Å². The molecule has 4 saturated carbocycles. The Kier molecular flexibility index (Phi) is 4.93. The van der Waals surface area contributed by atoms with E-state index in [9.17, 15) is 4.79 Å². The van der Waals surface area contributed by atoms with Crippen molar-refractivity contribution in [1.29, 1.82) is 0 Å². The third-order valence-corrected chi connectivity index (χ3v) is 7.64. The van der Waals surface area contributed by atoms with Crippen molar-refractivity contribution in [3.8, 4) is 17.4 Å². The first-order valence-electron chi connectivity index (χ1n) is 12.0. The average Bonchev–Trinajstić information content (AvgIpc) is 3.20. The van der Waals surface area contributed by atoms with Gasteiger partial charge < -0.3 is 10.1 Å². The van der Waals surface area contributed by atoms with Gasteiger partial charge in [-0.05, 0) is 105 Å². The first kappa shape index (κ1) is 20.4. The molecule has 0 aliphatic heterocycles. The third-order valence-electron chi connectivity index (χ3n) is 7.64. The van der Waals surface area contributed by atoms with E-state index < -0.39 is 0 Å². The summed E-state index contributed by atoms with van der Waals surface area (Å²) in [6.07, 6.45) is 10.5. The number of ether oxygens (including phenoxy) is 1. The Balaban J connectivity index is 1.05. The molecular formula is C26H29N5O2. The van der Waals surface area contributed by atoms with Gasteiger partial charge in [-0.3, -0.25) is 4.79 Å². The van der Waals surface area contributed by atoms with Crippen LogP contribution in [-0.2, 0) is 4.79 Å². The summed E-state index contributed by atoms with van der Waals surface area (Å²) < 4.78 is 7.48. The second-order valence-electron chi connectivity index (χ2n) is 10.4. The lowest BCUT2D eigenvalue weighted by atomic mass is 9.49. The molecule has 0 radical (unpaired) electrons. The molecule has 1 N–H and O–H groups in total.